The summed E-state index contributed by atoms with van der Waals surface area (Å²) in [6.45, 7) is 0.743. The van der Waals surface area contributed by atoms with Crippen LogP contribution in [0.2, 0.25) is 0 Å². The molecule has 22 heavy (non-hydrogen) atoms. The standard InChI is InChI=1S/C18H15N3O/c22-18(14-7-3-8-15-17(14)20-11-10-19-15)21-12-4-6-13-5-1-2-9-16(13)21/h1-3,5,7-11H,4,6,12H2. The molecular weight excluding hydrogens is 274 g/mol. The van der Waals surface area contributed by atoms with Crippen LogP contribution in [-0.4, -0.2) is 22.4 Å². The lowest BCUT2D eigenvalue weighted by Gasteiger charge is -2.29. The van der Waals surface area contributed by atoms with Gasteiger partial charge in [0, 0.05) is 24.6 Å². The zero-order chi connectivity index (χ0) is 14.9. The molecule has 2 aromatic carbocycles. The van der Waals surface area contributed by atoms with E-state index in [0.29, 0.717) is 11.1 Å². The average Bonchev–Trinajstić information content (AvgIpc) is 2.60. The molecular formula is C18H15N3O. The quantitative estimate of drug-likeness (QED) is 0.691. The first-order valence-electron chi connectivity index (χ1n) is 7.44. The number of amides is 1. The van der Waals surface area contributed by atoms with Gasteiger partial charge in [-0.2, -0.15) is 0 Å². The summed E-state index contributed by atoms with van der Waals surface area (Å²) in [5, 5.41) is 0. The van der Waals surface area contributed by atoms with Crippen molar-refractivity contribution in [2.75, 3.05) is 11.4 Å². The third kappa shape index (κ3) is 2.04. The Labute approximate surface area is 128 Å². The number of nitrogens with zero attached hydrogens (tertiary/aromatic N) is 3. The number of hydrogen-bond donors (Lipinski definition) is 0. The first kappa shape index (κ1) is 13.0. The smallest absolute Gasteiger partial charge is 0.260 e. The summed E-state index contributed by atoms with van der Waals surface area (Å²) in [4.78, 5) is 23.5. The summed E-state index contributed by atoms with van der Waals surface area (Å²) in [7, 11) is 0. The second-order valence-electron chi connectivity index (χ2n) is 5.42. The summed E-state index contributed by atoms with van der Waals surface area (Å²) in [5.74, 6) is -0.00162. The number of anilines is 1. The van der Waals surface area contributed by atoms with E-state index in [9.17, 15) is 4.79 Å². The molecule has 0 fully saturated rings. The predicted octanol–water partition coefficient (Wildman–Crippen LogP) is 3.22. The van der Waals surface area contributed by atoms with Crippen molar-refractivity contribution in [2.24, 2.45) is 0 Å². The van der Waals surface area contributed by atoms with E-state index in [1.165, 1.54) is 5.56 Å². The van der Waals surface area contributed by atoms with Gasteiger partial charge in [-0.3, -0.25) is 14.8 Å². The van der Waals surface area contributed by atoms with Crippen molar-refractivity contribution >= 4 is 22.6 Å². The number of fused-ring (bicyclic) bond motifs is 2. The molecule has 1 aromatic heterocycles. The second-order valence-corrected chi connectivity index (χ2v) is 5.42. The molecule has 0 aliphatic carbocycles. The Morgan fingerprint density at radius 2 is 1.86 bits per heavy atom. The molecule has 108 valence electrons. The Balaban J connectivity index is 1.82. The molecule has 0 spiro atoms. The van der Waals surface area contributed by atoms with Crippen molar-refractivity contribution in [1.29, 1.82) is 0 Å². The van der Waals surface area contributed by atoms with Crippen LogP contribution in [0.15, 0.2) is 54.9 Å². The maximum absolute atomic E-state index is 13.0. The van der Waals surface area contributed by atoms with E-state index in [1.807, 2.05) is 41.3 Å². The lowest BCUT2D eigenvalue weighted by Crippen LogP contribution is -2.35. The van der Waals surface area contributed by atoms with Gasteiger partial charge < -0.3 is 4.90 Å². The number of rotatable bonds is 1. The van der Waals surface area contributed by atoms with Crippen LogP contribution in [0, 0.1) is 0 Å². The lowest BCUT2D eigenvalue weighted by atomic mass is 10.0. The highest BCUT2D eigenvalue weighted by atomic mass is 16.2. The molecule has 0 unspecified atom stereocenters. The van der Waals surface area contributed by atoms with E-state index in [0.717, 1.165) is 30.6 Å². The maximum atomic E-state index is 13.0. The molecule has 1 aliphatic heterocycles. The first-order chi connectivity index (χ1) is 10.8. The number of aromatic nitrogens is 2. The maximum Gasteiger partial charge on any atom is 0.260 e. The Morgan fingerprint density at radius 3 is 2.82 bits per heavy atom. The Bertz CT molecular complexity index is 854. The van der Waals surface area contributed by atoms with Crippen LogP contribution < -0.4 is 4.90 Å². The van der Waals surface area contributed by atoms with Gasteiger partial charge in [-0.25, -0.2) is 0 Å². The predicted molar refractivity (Wildman–Crippen MR) is 86.0 cm³/mol. The minimum atomic E-state index is -0.00162. The molecule has 0 bridgehead atoms. The highest BCUT2D eigenvalue weighted by Crippen LogP contribution is 2.29. The highest BCUT2D eigenvalue weighted by molar-refractivity contribution is 6.13. The van der Waals surface area contributed by atoms with Gasteiger partial charge in [0.2, 0.25) is 0 Å². The summed E-state index contributed by atoms with van der Waals surface area (Å²) >= 11 is 0. The third-order valence-electron chi connectivity index (χ3n) is 4.08. The molecule has 4 rings (SSSR count). The molecule has 0 saturated heterocycles. The first-order valence-corrected chi connectivity index (χ1v) is 7.44. The van der Waals surface area contributed by atoms with Gasteiger partial charge in [0.25, 0.3) is 5.91 Å². The second kappa shape index (κ2) is 5.22. The van der Waals surface area contributed by atoms with E-state index in [-0.39, 0.29) is 5.91 Å². The van der Waals surface area contributed by atoms with Gasteiger partial charge in [-0.15, -0.1) is 0 Å². The monoisotopic (exact) mass is 289 g/mol. The van der Waals surface area contributed by atoms with Gasteiger partial charge in [0.05, 0.1) is 11.1 Å². The number of hydrogen-bond acceptors (Lipinski definition) is 3. The van der Waals surface area contributed by atoms with E-state index in [2.05, 4.69) is 16.0 Å². The van der Waals surface area contributed by atoms with Crippen LogP contribution in [0.25, 0.3) is 11.0 Å². The Kier molecular flexibility index (Phi) is 3.07. The number of carbonyl (C=O) groups excluding carboxylic acids is 1. The summed E-state index contributed by atoms with van der Waals surface area (Å²) in [6.07, 6.45) is 5.28. The lowest BCUT2D eigenvalue weighted by molar-refractivity contribution is 0.0986. The minimum Gasteiger partial charge on any atom is -0.308 e. The molecule has 4 nitrogen and oxygen atoms in total. The number of carbonyl (C=O) groups is 1. The molecule has 0 atom stereocenters. The Morgan fingerprint density at radius 1 is 1.00 bits per heavy atom. The van der Waals surface area contributed by atoms with Gasteiger partial charge >= 0.3 is 0 Å². The fourth-order valence-corrected chi connectivity index (χ4v) is 3.06. The van der Waals surface area contributed by atoms with Crippen molar-refractivity contribution < 1.29 is 4.79 Å². The van der Waals surface area contributed by atoms with Gasteiger partial charge in [-0.05, 0) is 36.6 Å². The van der Waals surface area contributed by atoms with Crippen molar-refractivity contribution in [1.82, 2.24) is 9.97 Å². The topological polar surface area (TPSA) is 46.1 Å². The van der Waals surface area contributed by atoms with E-state index in [1.54, 1.807) is 12.4 Å². The molecule has 3 aromatic rings. The minimum absolute atomic E-state index is 0.00162. The zero-order valence-electron chi connectivity index (χ0n) is 12.1. The number of aryl methyl sites for hydroxylation is 1. The van der Waals surface area contributed by atoms with Gasteiger partial charge in [-0.1, -0.05) is 24.3 Å². The Hall–Kier alpha value is -2.75. The zero-order valence-corrected chi connectivity index (χ0v) is 12.1. The van der Waals surface area contributed by atoms with E-state index < -0.39 is 0 Å². The SMILES string of the molecule is O=C(c1cccc2nccnc12)N1CCCc2ccccc21. The van der Waals surface area contributed by atoms with Crippen LogP contribution in [0.1, 0.15) is 22.3 Å². The highest BCUT2D eigenvalue weighted by Gasteiger charge is 2.24. The molecule has 2 heterocycles. The van der Waals surface area contributed by atoms with Crippen LogP contribution in [0.3, 0.4) is 0 Å². The molecule has 1 aliphatic rings. The van der Waals surface area contributed by atoms with Crippen molar-refractivity contribution in [3.63, 3.8) is 0 Å². The average molecular weight is 289 g/mol. The van der Waals surface area contributed by atoms with Crippen LogP contribution >= 0.6 is 0 Å². The number of para-hydroxylation sites is 2. The molecule has 0 saturated carbocycles. The van der Waals surface area contributed by atoms with E-state index in [4.69, 9.17) is 0 Å². The van der Waals surface area contributed by atoms with Gasteiger partial charge in [0.1, 0.15) is 5.52 Å². The molecule has 0 radical (unpaired) electrons. The molecule has 4 heteroatoms. The van der Waals surface area contributed by atoms with Crippen molar-refractivity contribution in [2.45, 2.75) is 12.8 Å². The summed E-state index contributed by atoms with van der Waals surface area (Å²) in [6, 6.07) is 13.7. The number of benzene rings is 2. The van der Waals surface area contributed by atoms with Crippen molar-refractivity contribution in [3.05, 3.63) is 66.0 Å². The van der Waals surface area contributed by atoms with Crippen LogP contribution in [0.5, 0.6) is 0 Å². The van der Waals surface area contributed by atoms with Gasteiger partial charge in [0.15, 0.2) is 0 Å². The molecule has 1 amide bonds. The molecule has 0 N–H and O–H groups in total. The van der Waals surface area contributed by atoms with Crippen LogP contribution in [-0.2, 0) is 6.42 Å². The summed E-state index contributed by atoms with van der Waals surface area (Å²) in [5.41, 5.74) is 4.27. The normalized spacial score (nSPS) is 13.9. The largest absolute Gasteiger partial charge is 0.308 e. The van der Waals surface area contributed by atoms with Crippen molar-refractivity contribution in [3.8, 4) is 0 Å². The fourth-order valence-electron chi connectivity index (χ4n) is 3.06. The van der Waals surface area contributed by atoms with Crippen LogP contribution in [0.4, 0.5) is 5.69 Å². The fraction of sp³-hybridized carbons (Fsp3) is 0.167. The van der Waals surface area contributed by atoms with E-state index >= 15 is 0 Å². The summed E-state index contributed by atoms with van der Waals surface area (Å²) < 4.78 is 0. The third-order valence-corrected chi connectivity index (χ3v) is 4.08.